The van der Waals surface area contributed by atoms with Gasteiger partial charge in [-0.3, -0.25) is 0 Å². The van der Waals surface area contributed by atoms with Gasteiger partial charge in [0.1, 0.15) is 5.01 Å². The zero-order chi connectivity index (χ0) is 10.0. The normalized spacial score (nSPS) is 27.4. The summed E-state index contributed by atoms with van der Waals surface area (Å²) in [6.45, 7) is 5.90. The van der Waals surface area contributed by atoms with Crippen LogP contribution < -0.4 is 5.32 Å². The van der Waals surface area contributed by atoms with E-state index >= 15 is 0 Å². The Bertz CT molecular complexity index is 278. The maximum absolute atomic E-state index is 5.49. The van der Waals surface area contributed by atoms with Crippen molar-refractivity contribution in [3.63, 3.8) is 0 Å². The van der Waals surface area contributed by atoms with Crippen LogP contribution in [0.1, 0.15) is 25.3 Å². The molecule has 1 aromatic heterocycles. The van der Waals surface area contributed by atoms with Gasteiger partial charge in [-0.25, -0.2) is 4.98 Å². The molecule has 0 aliphatic carbocycles. The number of ether oxygens (including phenoxy) is 1. The highest BCUT2D eigenvalue weighted by Gasteiger charge is 2.39. The van der Waals surface area contributed by atoms with Gasteiger partial charge in [0.05, 0.1) is 12.1 Å². The van der Waals surface area contributed by atoms with E-state index in [0.29, 0.717) is 6.04 Å². The molecule has 0 amide bonds. The highest BCUT2D eigenvalue weighted by Crippen LogP contribution is 2.32. The first-order valence-electron chi connectivity index (χ1n) is 4.98. The van der Waals surface area contributed by atoms with Crippen molar-refractivity contribution in [3.05, 3.63) is 16.6 Å². The van der Waals surface area contributed by atoms with Gasteiger partial charge in [0, 0.05) is 24.2 Å². The lowest BCUT2D eigenvalue weighted by Gasteiger charge is -2.28. The molecule has 1 unspecified atom stereocenters. The Kier molecular flexibility index (Phi) is 2.85. The van der Waals surface area contributed by atoms with Crippen molar-refractivity contribution in [3.8, 4) is 0 Å². The first-order chi connectivity index (χ1) is 6.73. The van der Waals surface area contributed by atoms with Crippen LogP contribution in [-0.2, 0) is 10.3 Å². The number of aromatic nitrogens is 1. The van der Waals surface area contributed by atoms with Crippen molar-refractivity contribution in [2.45, 2.75) is 31.8 Å². The van der Waals surface area contributed by atoms with Crippen LogP contribution in [0.4, 0.5) is 0 Å². The van der Waals surface area contributed by atoms with Crippen molar-refractivity contribution in [2.75, 3.05) is 13.2 Å². The van der Waals surface area contributed by atoms with Gasteiger partial charge in [-0.05, 0) is 20.3 Å². The number of rotatable bonds is 3. The van der Waals surface area contributed by atoms with Crippen molar-refractivity contribution < 1.29 is 4.74 Å². The average molecular weight is 212 g/mol. The molecule has 0 radical (unpaired) electrons. The third-order valence-corrected chi connectivity index (χ3v) is 3.41. The lowest BCUT2D eigenvalue weighted by Crippen LogP contribution is -2.46. The Morgan fingerprint density at radius 2 is 2.50 bits per heavy atom. The standard InChI is InChI=1S/C10H16N2OS/c1-8(2)12-10(3-5-13-7-10)9-11-4-6-14-9/h4,6,8,12H,3,5,7H2,1-2H3. The van der Waals surface area contributed by atoms with Gasteiger partial charge >= 0.3 is 0 Å². The molecular weight excluding hydrogens is 196 g/mol. The molecule has 0 bridgehead atoms. The van der Waals surface area contributed by atoms with Crippen molar-refractivity contribution in [2.24, 2.45) is 0 Å². The topological polar surface area (TPSA) is 34.2 Å². The number of nitrogens with zero attached hydrogens (tertiary/aromatic N) is 1. The molecule has 0 saturated carbocycles. The largest absolute Gasteiger partial charge is 0.379 e. The Labute approximate surface area is 88.5 Å². The minimum atomic E-state index is -0.0255. The quantitative estimate of drug-likeness (QED) is 0.829. The van der Waals surface area contributed by atoms with Crippen LogP contribution in [0, 0.1) is 0 Å². The summed E-state index contributed by atoms with van der Waals surface area (Å²) in [6.07, 6.45) is 2.89. The fourth-order valence-corrected chi connectivity index (χ4v) is 2.74. The van der Waals surface area contributed by atoms with Gasteiger partial charge in [-0.1, -0.05) is 0 Å². The molecule has 4 heteroatoms. The zero-order valence-corrected chi connectivity index (χ0v) is 9.43. The lowest BCUT2D eigenvalue weighted by molar-refractivity contribution is 0.162. The molecule has 2 heterocycles. The Balaban J connectivity index is 2.22. The highest BCUT2D eigenvalue weighted by molar-refractivity contribution is 7.09. The number of hydrogen-bond donors (Lipinski definition) is 1. The summed E-state index contributed by atoms with van der Waals surface area (Å²) in [5.41, 5.74) is -0.0255. The Morgan fingerprint density at radius 1 is 1.64 bits per heavy atom. The van der Waals surface area contributed by atoms with Crippen molar-refractivity contribution in [1.82, 2.24) is 10.3 Å². The Morgan fingerprint density at radius 3 is 3.00 bits per heavy atom. The molecule has 1 aliphatic heterocycles. The van der Waals surface area contributed by atoms with Gasteiger partial charge < -0.3 is 10.1 Å². The van der Waals surface area contributed by atoms with Gasteiger partial charge in [0.15, 0.2) is 0 Å². The van der Waals surface area contributed by atoms with Crippen LogP contribution in [0.5, 0.6) is 0 Å². The van der Waals surface area contributed by atoms with Crippen LogP contribution in [0.2, 0.25) is 0 Å². The third kappa shape index (κ3) is 1.82. The molecule has 1 fully saturated rings. The van der Waals surface area contributed by atoms with Crippen LogP contribution in [0.15, 0.2) is 11.6 Å². The third-order valence-electron chi connectivity index (χ3n) is 2.43. The van der Waals surface area contributed by atoms with E-state index in [9.17, 15) is 0 Å². The number of nitrogens with one attached hydrogen (secondary N) is 1. The number of thiazole rings is 1. The van der Waals surface area contributed by atoms with Crippen LogP contribution in [-0.4, -0.2) is 24.2 Å². The van der Waals surface area contributed by atoms with E-state index in [1.54, 1.807) is 11.3 Å². The summed E-state index contributed by atoms with van der Waals surface area (Å²) in [7, 11) is 0. The van der Waals surface area contributed by atoms with Crippen molar-refractivity contribution in [1.29, 1.82) is 0 Å². The number of hydrogen-bond acceptors (Lipinski definition) is 4. The maximum atomic E-state index is 5.49. The SMILES string of the molecule is CC(C)NC1(c2nccs2)CCOC1. The highest BCUT2D eigenvalue weighted by atomic mass is 32.1. The summed E-state index contributed by atoms with van der Waals surface area (Å²) >= 11 is 1.71. The minimum absolute atomic E-state index is 0.0255. The second-order valence-corrected chi connectivity index (χ2v) is 4.92. The van der Waals surface area contributed by atoms with Crippen molar-refractivity contribution >= 4 is 11.3 Å². The second-order valence-electron chi connectivity index (χ2n) is 4.02. The fraction of sp³-hybridized carbons (Fsp3) is 0.700. The predicted molar refractivity (Wildman–Crippen MR) is 57.5 cm³/mol. The van der Waals surface area contributed by atoms with Gasteiger partial charge in [0.25, 0.3) is 0 Å². The molecule has 2 rings (SSSR count). The monoisotopic (exact) mass is 212 g/mol. The molecule has 78 valence electrons. The molecule has 14 heavy (non-hydrogen) atoms. The van der Waals surface area contributed by atoms with E-state index < -0.39 is 0 Å². The Hall–Kier alpha value is -0.450. The predicted octanol–water partition coefficient (Wildman–Crippen LogP) is 1.76. The average Bonchev–Trinajstić information content (AvgIpc) is 2.69. The van der Waals surface area contributed by atoms with Crippen LogP contribution in [0.3, 0.4) is 0 Å². The molecule has 1 aliphatic rings. The van der Waals surface area contributed by atoms with E-state index in [-0.39, 0.29) is 5.54 Å². The molecule has 1 atom stereocenters. The molecule has 1 aromatic rings. The fourth-order valence-electron chi connectivity index (χ4n) is 1.92. The summed E-state index contributed by atoms with van der Waals surface area (Å²) < 4.78 is 5.49. The first-order valence-corrected chi connectivity index (χ1v) is 5.86. The van der Waals surface area contributed by atoms with E-state index in [1.165, 1.54) is 0 Å². The second kappa shape index (κ2) is 3.96. The van der Waals surface area contributed by atoms with Gasteiger partial charge in [-0.15, -0.1) is 11.3 Å². The summed E-state index contributed by atoms with van der Waals surface area (Å²) in [4.78, 5) is 4.40. The van der Waals surface area contributed by atoms with Crippen LogP contribution >= 0.6 is 11.3 Å². The van der Waals surface area contributed by atoms with Gasteiger partial charge in [0.2, 0.25) is 0 Å². The summed E-state index contributed by atoms with van der Waals surface area (Å²) in [5, 5.41) is 6.76. The molecule has 3 nitrogen and oxygen atoms in total. The molecule has 1 N–H and O–H groups in total. The molecule has 1 saturated heterocycles. The molecular formula is C10H16N2OS. The smallest absolute Gasteiger partial charge is 0.115 e. The minimum Gasteiger partial charge on any atom is -0.379 e. The summed E-state index contributed by atoms with van der Waals surface area (Å²) in [6, 6.07) is 0.459. The first kappa shape index (κ1) is 10.1. The molecule has 0 aromatic carbocycles. The zero-order valence-electron chi connectivity index (χ0n) is 8.62. The van der Waals surface area contributed by atoms with E-state index in [4.69, 9.17) is 4.74 Å². The maximum Gasteiger partial charge on any atom is 0.115 e. The lowest BCUT2D eigenvalue weighted by atomic mass is 9.98. The molecule has 0 spiro atoms. The van der Waals surface area contributed by atoms with E-state index in [2.05, 4.69) is 24.1 Å². The van der Waals surface area contributed by atoms with E-state index in [1.807, 2.05) is 11.6 Å². The van der Waals surface area contributed by atoms with E-state index in [0.717, 1.165) is 24.6 Å². The van der Waals surface area contributed by atoms with Gasteiger partial charge in [-0.2, -0.15) is 0 Å². The summed E-state index contributed by atoms with van der Waals surface area (Å²) in [5.74, 6) is 0. The van der Waals surface area contributed by atoms with Crippen LogP contribution in [0.25, 0.3) is 0 Å².